The number of anilines is 1. The Bertz CT molecular complexity index is 624. The Labute approximate surface area is 110 Å². The molecule has 1 aliphatic rings. The van der Waals surface area contributed by atoms with Crippen molar-refractivity contribution in [3.8, 4) is 6.07 Å². The lowest BCUT2D eigenvalue weighted by atomic mass is 10.1. The predicted molar refractivity (Wildman–Crippen MR) is 72.8 cm³/mol. The molecular weight excluding hydrogens is 242 g/mol. The lowest BCUT2D eigenvalue weighted by molar-refractivity contribution is 0.730. The van der Waals surface area contributed by atoms with E-state index in [4.69, 9.17) is 0 Å². The van der Waals surface area contributed by atoms with Crippen molar-refractivity contribution in [1.29, 1.82) is 5.26 Å². The highest BCUT2D eigenvalue weighted by Crippen LogP contribution is 2.29. The molecule has 0 fully saturated rings. The van der Waals surface area contributed by atoms with Crippen molar-refractivity contribution in [3.63, 3.8) is 0 Å². The summed E-state index contributed by atoms with van der Waals surface area (Å²) in [5.74, 6) is 0.828. The molecule has 0 amide bonds. The molecule has 0 atom stereocenters. The first-order chi connectivity index (χ1) is 8.79. The Balaban J connectivity index is 1.99. The van der Waals surface area contributed by atoms with Crippen molar-refractivity contribution >= 4 is 17.2 Å². The van der Waals surface area contributed by atoms with E-state index in [0.717, 1.165) is 30.9 Å². The van der Waals surface area contributed by atoms with Crippen LogP contribution < -0.4 is 4.90 Å². The predicted octanol–water partition coefficient (Wildman–Crippen LogP) is 2.89. The van der Waals surface area contributed by atoms with E-state index in [2.05, 4.69) is 27.4 Å². The minimum Gasteiger partial charge on any atom is -0.351 e. The molecular formula is C14H13N3S. The number of aryl methyl sites for hydroxylation is 1. The molecule has 2 aromatic heterocycles. The molecule has 0 aromatic carbocycles. The third-order valence-corrected chi connectivity index (χ3v) is 4.38. The van der Waals surface area contributed by atoms with Crippen molar-refractivity contribution < 1.29 is 0 Å². The number of rotatable bonds is 1. The topological polar surface area (TPSA) is 39.9 Å². The van der Waals surface area contributed by atoms with Crippen molar-refractivity contribution in [3.05, 3.63) is 45.3 Å². The van der Waals surface area contributed by atoms with Gasteiger partial charge in [0.1, 0.15) is 11.9 Å². The lowest BCUT2D eigenvalue weighted by Gasteiger charge is -2.28. The zero-order chi connectivity index (χ0) is 12.5. The van der Waals surface area contributed by atoms with Crippen LogP contribution in [0.15, 0.2) is 23.7 Å². The van der Waals surface area contributed by atoms with Gasteiger partial charge in [0.05, 0.1) is 5.56 Å². The molecule has 0 bridgehead atoms. The van der Waals surface area contributed by atoms with E-state index in [1.807, 2.05) is 24.3 Å². The summed E-state index contributed by atoms with van der Waals surface area (Å²) in [5.41, 5.74) is 3.08. The second-order valence-electron chi connectivity index (χ2n) is 4.48. The average Bonchev–Trinajstić information content (AvgIpc) is 2.85. The third-order valence-electron chi connectivity index (χ3n) is 3.36. The van der Waals surface area contributed by atoms with Crippen LogP contribution in [-0.2, 0) is 13.0 Å². The lowest BCUT2D eigenvalue weighted by Crippen LogP contribution is -2.30. The van der Waals surface area contributed by atoms with E-state index in [-0.39, 0.29) is 0 Å². The van der Waals surface area contributed by atoms with Gasteiger partial charge in [0, 0.05) is 24.2 Å². The van der Waals surface area contributed by atoms with Crippen LogP contribution in [0.2, 0.25) is 0 Å². The molecule has 0 spiro atoms. The normalized spacial score (nSPS) is 14.1. The van der Waals surface area contributed by atoms with Gasteiger partial charge in [-0.1, -0.05) is 0 Å². The number of hydrogen-bond acceptors (Lipinski definition) is 4. The Morgan fingerprint density at radius 3 is 3.17 bits per heavy atom. The highest BCUT2D eigenvalue weighted by Gasteiger charge is 2.21. The summed E-state index contributed by atoms with van der Waals surface area (Å²) in [6, 6.07) is 6.34. The van der Waals surface area contributed by atoms with Gasteiger partial charge in [0.25, 0.3) is 0 Å². The molecule has 0 aliphatic carbocycles. The van der Waals surface area contributed by atoms with Crippen LogP contribution in [0.25, 0.3) is 0 Å². The molecule has 3 heterocycles. The first-order valence-electron chi connectivity index (χ1n) is 5.95. The quantitative estimate of drug-likeness (QED) is 0.786. The second kappa shape index (κ2) is 4.43. The second-order valence-corrected chi connectivity index (χ2v) is 5.48. The number of nitriles is 1. The van der Waals surface area contributed by atoms with E-state index in [1.165, 1.54) is 10.4 Å². The summed E-state index contributed by atoms with van der Waals surface area (Å²) in [6.45, 7) is 3.77. The number of aromatic nitrogens is 1. The van der Waals surface area contributed by atoms with Gasteiger partial charge < -0.3 is 4.90 Å². The molecule has 2 aromatic rings. The SMILES string of the molecule is Cc1ccnc(N2CCc3sccc3C2)c1C#N. The number of hydrogen-bond donors (Lipinski definition) is 0. The van der Waals surface area contributed by atoms with E-state index >= 15 is 0 Å². The summed E-state index contributed by atoms with van der Waals surface area (Å²) in [4.78, 5) is 8.08. The minimum absolute atomic E-state index is 0.705. The van der Waals surface area contributed by atoms with Crippen molar-refractivity contribution in [1.82, 2.24) is 4.98 Å². The molecule has 90 valence electrons. The zero-order valence-corrected chi connectivity index (χ0v) is 11.0. The molecule has 0 N–H and O–H groups in total. The zero-order valence-electron chi connectivity index (χ0n) is 10.2. The fourth-order valence-electron chi connectivity index (χ4n) is 2.35. The summed E-state index contributed by atoms with van der Waals surface area (Å²) >= 11 is 1.82. The number of nitrogens with zero attached hydrogens (tertiary/aromatic N) is 3. The Morgan fingerprint density at radius 1 is 1.44 bits per heavy atom. The van der Waals surface area contributed by atoms with Gasteiger partial charge in [-0.15, -0.1) is 11.3 Å². The molecule has 18 heavy (non-hydrogen) atoms. The number of fused-ring (bicyclic) bond motifs is 1. The highest BCUT2D eigenvalue weighted by atomic mass is 32.1. The molecule has 0 radical (unpaired) electrons. The van der Waals surface area contributed by atoms with E-state index in [9.17, 15) is 5.26 Å². The van der Waals surface area contributed by atoms with E-state index < -0.39 is 0 Å². The fourth-order valence-corrected chi connectivity index (χ4v) is 3.24. The van der Waals surface area contributed by atoms with Crippen LogP contribution in [0.5, 0.6) is 0 Å². The molecule has 0 unspecified atom stereocenters. The first-order valence-corrected chi connectivity index (χ1v) is 6.83. The number of pyridine rings is 1. The van der Waals surface area contributed by atoms with E-state index in [0.29, 0.717) is 5.56 Å². The molecule has 0 saturated heterocycles. The summed E-state index contributed by atoms with van der Waals surface area (Å²) in [6.07, 6.45) is 2.84. The molecule has 3 rings (SSSR count). The first kappa shape index (κ1) is 11.2. The van der Waals surface area contributed by atoms with Gasteiger partial charge in [0.2, 0.25) is 0 Å². The maximum absolute atomic E-state index is 9.27. The summed E-state index contributed by atoms with van der Waals surface area (Å²) < 4.78 is 0. The van der Waals surface area contributed by atoms with Crippen molar-refractivity contribution in [2.45, 2.75) is 19.9 Å². The van der Waals surface area contributed by atoms with Gasteiger partial charge in [-0.3, -0.25) is 0 Å². The van der Waals surface area contributed by atoms with Crippen molar-refractivity contribution in [2.75, 3.05) is 11.4 Å². The van der Waals surface area contributed by atoms with Crippen LogP contribution >= 0.6 is 11.3 Å². The van der Waals surface area contributed by atoms with Crippen LogP contribution in [0.3, 0.4) is 0 Å². The monoisotopic (exact) mass is 255 g/mol. The van der Waals surface area contributed by atoms with Gasteiger partial charge in [-0.05, 0) is 42.0 Å². The number of thiophene rings is 1. The van der Waals surface area contributed by atoms with Crippen LogP contribution in [0.4, 0.5) is 5.82 Å². The maximum atomic E-state index is 9.27. The van der Waals surface area contributed by atoms with Crippen molar-refractivity contribution in [2.24, 2.45) is 0 Å². The fraction of sp³-hybridized carbons (Fsp3) is 0.286. The van der Waals surface area contributed by atoms with Gasteiger partial charge in [0.15, 0.2) is 0 Å². The summed E-state index contributed by atoms with van der Waals surface area (Å²) in [5, 5.41) is 11.4. The minimum atomic E-state index is 0.705. The largest absolute Gasteiger partial charge is 0.351 e. The van der Waals surface area contributed by atoms with Crippen LogP contribution in [0, 0.1) is 18.3 Å². The van der Waals surface area contributed by atoms with Crippen LogP contribution in [0.1, 0.15) is 21.6 Å². The molecule has 0 saturated carbocycles. The molecule has 1 aliphatic heterocycles. The summed E-state index contributed by atoms with van der Waals surface area (Å²) in [7, 11) is 0. The van der Waals surface area contributed by atoms with E-state index in [1.54, 1.807) is 6.20 Å². The van der Waals surface area contributed by atoms with Gasteiger partial charge in [-0.2, -0.15) is 5.26 Å². The standard InChI is InChI=1S/C14H13N3S/c1-10-2-5-16-14(12(10)8-15)17-6-3-13-11(9-17)4-7-18-13/h2,4-5,7H,3,6,9H2,1H3. The van der Waals surface area contributed by atoms with Crippen LogP contribution in [-0.4, -0.2) is 11.5 Å². The van der Waals surface area contributed by atoms with Gasteiger partial charge in [-0.25, -0.2) is 4.98 Å². The Kier molecular flexibility index (Phi) is 2.77. The maximum Gasteiger partial charge on any atom is 0.147 e. The third kappa shape index (κ3) is 1.77. The Morgan fingerprint density at radius 2 is 2.33 bits per heavy atom. The Hall–Kier alpha value is -1.86. The smallest absolute Gasteiger partial charge is 0.147 e. The highest BCUT2D eigenvalue weighted by molar-refractivity contribution is 7.10. The molecule has 3 nitrogen and oxygen atoms in total. The van der Waals surface area contributed by atoms with Gasteiger partial charge >= 0.3 is 0 Å². The average molecular weight is 255 g/mol. The molecule has 4 heteroatoms.